The average Bonchev–Trinajstić information content (AvgIpc) is 3.20. The van der Waals surface area contributed by atoms with Crippen molar-refractivity contribution in [2.75, 3.05) is 40.4 Å². The van der Waals surface area contributed by atoms with Gasteiger partial charge in [0.25, 0.3) is 5.91 Å². The normalized spacial score (nSPS) is 11.2. The van der Waals surface area contributed by atoms with Crippen molar-refractivity contribution < 1.29 is 13.9 Å². The Labute approximate surface area is 152 Å². The molecule has 1 N–H and O–H groups in total. The molecule has 0 fully saturated rings. The first-order valence-corrected chi connectivity index (χ1v) is 8.58. The second kappa shape index (κ2) is 8.60. The molecule has 2 heterocycles. The van der Waals surface area contributed by atoms with Gasteiger partial charge in [0.1, 0.15) is 5.69 Å². The largest absolute Gasteiger partial charge is 0.463 e. The number of hydrogen-bond acceptors (Lipinski definition) is 5. The number of ether oxygens (including phenoxy) is 1. The number of methoxy groups -OCH3 is 1. The van der Waals surface area contributed by atoms with E-state index >= 15 is 0 Å². The summed E-state index contributed by atoms with van der Waals surface area (Å²) in [5, 5.41) is 3.82. The minimum Gasteiger partial charge on any atom is -0.463 e. The zero-order chi connectivity index (χ0) is 18.4. The number of nitrogens with zero attached hydrogens (tertiary/aromatic N) is 2. The van der Waals surface area contributed by atoms with Crippen LogP contribution in [0.1, 0.15) is 10.4 Å². The van der Waals surface area contributed by atoms with E-state index in [1.165, 1.54) is 0 Å². The fourth-order valence-electron chi connectivity index (χ4n) is 2.73. The number of amides is 1. The number of fused-ring (bicyclic) bond motifs is 1. The molecule has 0 radical (unpaired) electrons. The van der Waals surface area contributed by atoms with Crippen molar-refractivity contribution in [1.29, 1.82) is 0 Å². The van der Waals surface area contributed by atoms with Gasteiger partial charge in [-0.3, -0.25) is 4.79 Å². The van der Waals surface area contributed by atoms with Crippen LogP contribution in [-0.2, 0) is 4.74 Å². The third kappa shape index (κ3) is 4.28. The standard InChI is InChI=1S/C20H23N3O3/c1-23(11-13-25-2)10-9-21-20(24)16-14-18(19-8-5-12-26-19)22-17-7-4-3-6-15(16)17/h3-8,12,14H,9-11,13H2,1-2H3,(H,21,24). The molecule has 1 aromatic carbocycles. The van der Waals surface area contributed by atoms with E-state index in [4.69, 9.17) is 9.15 Å². The molecule has 0 aliphatic heterocycles. The van der Waals surface area contributed by atoms with Gasteiger partial charge in [-0.15, -0.1) is 0 Å². The van der Waals surface area contributed by atoms with Crippen LogP contribution in [0.5, 0.6) is 0 Å². The SMILES string of the molecule is COCCN(C)CCNC(=O)c1cc(-c2ccco2)nc2ccccc12. The maximum absolute atomic E-state index is 12.8. The number of carbonyl (C=O) groups excluding carboxylic acids is 1. The van der Waals surface area contributed by atoms with Gasteiger partial charge in [-0.25, -0.2) is 4.98 Å². The molecule has 0 aliphatic carbocycles. The molecule has 3 rings (SSSR count). The van der Waals surface area contributed by atoms with E-state index in [9.17, 15) is 4.79 Å². The van der Waals surface area contributed by atoms with E-state index in [1.807, 2.05) is 43.4 Å². The van der Waals surface area contributed by atoms with E-state index in [0.29, 0.717) is 30.2 Å². The Hall–Kier alpha value is -2.70. The van der Waals surface area contributed by atoms with Crippen LogP contribution in [0.15, 0.2) is 53.1 Å². The highest BCUT2D eigenvalue weighted by molar-refractivity contribution is 6.07. The van der Waals surface area contributed by atoms with Crippen LogP contribution in [0.2, 0.25) is 0 Å². The first-order chi connectivity index (χ1) is 12.7. The first kappa shape index (κ1) is 18.1. The Kier molecular flexibility index (Phi) is 5.99. The summed E-state index contributed by atoms with van der Waals surface area (Å²) in [7, 11) is 3.68. The molecule has 1 amide bonds. The van der Waals surface area contributed by atoms with Gasteiger partial charge in [-0.2, -0.15) is 0 Å². The molecule has 2 aromatic heterocycles. The van der Waals surface area contributed by atoms with Crippen molar-refractivity contribution in [3.05, 3.63) is 54.3 Å². The summed E-state index contributed by atoms with van der Waals surface area (Å²) in [6, 6.07) is 13.1. The van der Waals surface area contributed by atoms with Gasteiger partial charge in [0.05, 0.1) is 24.0 Å². The predicted octanol–water partition coefficient (Wildman–Crippen LogP) is 2.80. The Bertz CT molecular complexity index is 862. The molecule has 136 valence electrons. The maximum atomic E-state index is 12.8. The van der Waals surface area contributed by atoms with Gasteiger partial charge in [0, 0.05) is 32.1 Å². The number of pyridine rings is 1. The average molecular weight is 353 g/mol. The van der Waals surface area contributed by atoms with Crippen molar-refractivity contribution in [2.45, 2.75) is 0 Å². The zero-order valence-corrected chi connectivity index (χ0v) is 15.1. The summed E-state index contributed by atoms with van der Waals surface area (Å²) in [5.74, 6) is 0.528. The van der Waals surface area contributed by atoms with Crippen LogP contribution in [0.3, 0.4) is 0 Å². The highest BCUT2D eigenvalue weighted by atomic mass is 16.5. The molecular formula is C20H23N3O3. The van der Waals surface area contributed by atoms with Gasteiger partial charge < -0.3 is 19.4 Å². The van der Waals surface area contributed by atoms with E-state index in [1.54, 1.807) is 19.4 Å². The first-order valence-electron chi connectivity index (χ1n) is 8.58. The smallest absolute Gasteiger partial charge is 0.252 e. The molecule has 0 saturated carbocycles. The molecule has 3 aromatic rings. The third-order valence-corrected chi connectivity index (χ3v) is 4.19. The van der Waals surface area contributed by atoms with Crippen molar-refractivity contribution in [3.63, 3.8) is 0 Å². The van der Waals surface area contributed by atoms with Crippen LogP contribution in [0, 0.1) is 0 Å². The summed E-state index contributed by atoms with van der Waals surface area (Å²) in [6.45, 7) is 2.81. The fraction of sp³-hybridized carbons (Fsp3) is 0.300. The minimum absolute atomic E-state index is 0.114. The third-order valence-electron chi connectivity index (χ3n) is 4.19. The van der Waals surface area contributed by atoms with Gasteiger partial charge in [0.2, 0.25) is 0 Å². The number of aromatic nitrogens is 1. The number of carbonyl (C=O) groups is 1. The molecule has 0 unspecified atom stereocenters. The molecule has 0 atom stereocenters. The van der Waals surface area contributed by atoms with Crippen LogP contribution >= 0.6 is 0 Å². The molecule has 0 spiro atoms. The van der Waals surface area contributed by atoms with Gasteiger partial charge >= 0.3 is 0 Å². The lowest BCUT2D eigenvalue weighted by atomic mass is 10.1. The lowest BCUT2D eigenvalue weighted by Gasteiger charge is -2.16. The quantitative estimate of drug-likeness (QED) is 0.674. The highest BCUT2D eigenvalue weighted by Gasteiger charge is 2.14. The second-order valence-electron chi connectivity index (χ2n) is 6.10. The topological polar surface area (TPSA) is 67.6 Å². The number of nitrogens with one attached hydrogen (secondary N) is 1. The maximum Gasteiger partial charge on any atom is 0.252 e. The highest BCUT2D eigenvalue weighted by Crippen LogP contribution is 2.25. The number of furan rings is 1. The molecule has 6 nitrogen and oxygen atoms in total. The fourth-order valence-corrected chi connectivity index (χ4v) is 2.73. The second-order valence-corrected chi connectivity index (χ2v) is 6.10. The number of hydrogen-bond donors (Lipinski definition) is 1. The molecular weight excluding hydrogens is 330 g/mol. The lowest BCUT2D eigenvalue weighted by molar-refractivity contribution is 0.0949. The molecule has 26 heavy (non-hydrogen) atoms. The van der Waals surface area contributed by atoms with Crippen LogP contribution in [0.25, 0.3) is 22.4 Å². The van der Waals surface area contributed by atoms with Gasteiger partial charge in [0.15, 0.2) is 5.76 Å². The van der Waals surface area contributed by atoms with Gasteiger partial charge in [-0.05, 0) is 31.3 Å². The lowest BCUT2D eigenvalue weighted by Crippen LogP contribution is -2.34. The number of benzene rings is 1. The Morgan fingerprint density at radius 2 is 2.08 bits per heavy atom. The van der Waals surface area contributed by atoms with Crippen LogP contribution in [-0.4, -0.2) is 56.2 Å². The Morgan fingerprint density at radius 3 is 2.85 bits per heavy atom. The molecule has 0 saturated heterocycles. The van der Waals surface area contributed by atoms with E-state index in [2.05, 4.69) is 15.2 Å². The summed E-state index contributed by atoms with van der Waals surface area (Å²) in [5.41, 5.74) is 2.02. The van der Waals surface area contributed by atoms with Crippen molar-refractivity contribution in [3.8, 4) is 11.5 Å². The Balaban J connectivity index is 1.78. The number of likely N-dealkylation sites (N-methyl/N-ethyl adjacent to an activating group) is 1. The predicted molar refractivity (Wildman–Crippen MR) is 101 cm³/mol. The zero-order valence-electron chi connectivity index (χ0n) is 15.1. The number of para-hydroxylation sites is 1. The van der Waals surface area contributed by atoms with Crippen LogP contribution < -0.4 is 5.32 Å². The van der Waals surface area contributed by atoms with E-state index < -0.39 is 0 Å². The summed E-state index contributed by atoms with van der Waals surface area (Å²) in [6.07, 6.45) is 1.60. The summed E-state index contributed by atoms with van der Waals surface area (Å²) < 4.78 is 10.5. The minimum atomic E-state index is -0.114. The van der Waals surface area contributed by atoms with E-state index in [0.717, 1.165) is 24.0 Å². The summed E-state index contributed by atoms with van der Waals surface area (Å²) >= 11 is 0. The molecule has 0 aliphatic rings. The molecule has 6 heteroatoms. The van der Waals surface area contributed by atoms with Crippen molar-refractivity contribution in [2.24, 2.45) is 0 Å². The molecule has 0 bridgehead atoms. The van der Waals surface area contributed by atoms with Gasteiger partial charge in [-0.1, -0.05) is 18.2 Å². The Morgan fingerprint density at radius 1 is 1.23 bits per heavy atom. The van der Waals surface area contributed by atoms with E-state index in [-0.39, 0.29) is 5.91 Å². The van der Waals surface area contributed by atoms with Crippen molar-refractivity contribution >= 4 is 16.8 Å². The van der Waals surface area contributed by atoms with Crippen LogP contribution in [0.4, 0.5) is 0 Å². The van der Waals surface area contributed by atoms with Crippen molar-refractivity contribution in [1.82, 2.24) is 15.2 Å². The number of rotatable bonds is 8. The monoisotopic (exact) mass is 353 g/mol. The summed E-state index contributed by atoms with van der Waals surface area (Å²) in [4.78, 5) is 19.5.